The summed E-state index contributed by atoms with van der Waals surface area (Å²) in [6.07, 6.45) is 0. The molecule has 0 radical (unpaired) electrons. The number of rotatable bonds is 6. The van der Waals surface area contributed by atoms with Gasteiger partial charge >= 0.3 is 0 Å². The van der Waals surface area contributed by atoms with Gasteiger partial charge in [0.15, 0.2) is 0 Å². The number of anilines is 2. The van der Waals surface area contributed by atoms with Gasteiger partial charge in [0.25, 0.3) is 5.91 Å². The van der Waals surface area contributed by atoms with Crippen LogP contribution >= 0.6 is 11.3 Å². The summed E-state index contributed by atoms with van der Waals surface area (Å²) < 4.78 is 0. The predicted molar refractivity (Wildman–Crippen MR) is 99.9 cm³/mol. The highest BCUT2D eigenvalue weighted by Gasteiger charge is 2.11. The van der Waals surface area contributed by atoms with Crippen molar-refractivity contribution in [3.05, 3.63) is 46.2 Å². The first-order chi connectivity index (χ1) is 11.9. The largest absolute Gasteiger partial charge is 0.343 e. The van der Waals surface area contributed by atoms with Crippen LogP contribution in [0.2, 0.25) is 0 Å². The first-order valence-corrected chi connectivity index (χ1v) is 8.83. The first-order valence-electron chi connectivity index (χ1n) is 7.88. The van der Waals surface area contributed by atoms with Gasteiger partial charge in [-0.15, -0.1) is 0 Å². The monoisotopic (exact) mass is 359 g/mol. The Labute approximate surface area is 150 Å². The van der Waals surface area contributed by atoms with Crippen LogP contribution in [0.4, 0.5) is 11.4 Å². The summed E-state index contributed by atoms with van der Waals surface area (Å²) in [6, 6.07) is 7.00. The van der Waals surface area contributed by atoms with Crippen molar-refractivity contribution in [1.82, 2.24) is 5.32 Å². The molecule has 3 N–H and O–H groups in total. The fourth-order valence-electron chi connectivity index (χ4n) is 1.97. The molecule has 0 aliphatic carbocycles. The molecule has 2 aromatic rings. The zero-order valence-electron chi connectivity index (χ0n) is 14.4. The third-order valence-corrected chi connectivity index (χ3v) is 4.18. The molecule has 25 heavy (non-hydrogen) atoms. The lowest BCUT2D eigenvalue weighted by molar-refractivity contribution is -0.119. The van der Waals surface area contributed by atoms with Crippen molar-refractivity contribution in [3.8, 4) is 0 Å². The highest BCUT2D eigenvalue weighted by molar-refractivity contribution is 7.08. The zero-order chi connectivity index (χ0) is 18.4. The Morgan fingerprint density at radius 2 is 1.88 bits per heavy atom. The molecule has 7 heteroatoms. The molecule has 0 bridgehead atoms. The van der Waals surface area contributed by atoms with Gasteiger partial charge in [0, 0.05) is 28.2 Å². The summed E-state index contributed by atoms with van der Waals surface area (Å²) in [5.41, 5.74) is 2.60. The molecule has 0 fully saturated rings. The Kier molecular flexibility index (Phi) is 6.30. The Morgan fingerprint density at radius 1 is 1.12 bits per heavy atom. The lowest BCUT2D eigenvalue weighted by atomic mass is 10.1. The summed E-state index contributed by atoms with van der Waals surface area (Å²) in [7, 11) is 0. The van der Waals surface area contributed by atoms with E-state index in [9.17, 15) is 14.4 Å². The van der Waals surface area contributed by atoms with E-state index >= 15 is 0 Å². The van der Waals surface area contributed by atoms with Gasteiger partial charge in [-0.3, -0.25) is 14.4 Å². The van der Waals surface area contributed by atoms with E-state index in [0.29, 0.717) is 16.9 Å². The fourth-order valence-corrected chi connectivity index (χ4v) is 2.61. The summed E-state index contributed by atoms with van der Waals surface area (Å²) in [5, 5.41) is 11.6. The van der Waals surface area contributed by atoms with E-state index in [2.05, 4.69) is 16.0 Å². The number of nitrogens with one attached hydrogen (secondary N) is 3. The minimum absolute atomic E-state index is 0.0934. The van der Waals surface area contributed by atoms with Crippen LogP contribution in [-0.4, -0.2) is 24.3 Å². The first kappa shape index (κ1) is 18.7. The molecule has 1 heterocycles. The van der Waals surface area contributed by atoms with Gasteiger partial charge < -0.3 is 16.0 Å². The maximum absolute atomic E-state index is 12.1. The highest BCUT2D eigenvalue weighted by atomic mass is 32.1. The van der Waals surface area contributed by atoms with Crippen LogP contribution in [0.15, 0.2) is 35.0 Å². The molecule has 0 aliphatic heterocycles. The molecule has 3 amide bonds. The van der Waals surface area contributed by atoms with Crippen LogP contribution in [0.25, 0.3) is 0 Å². The predicted octanol–water partition coefficient (Wildman–Crippen LogP) is 3.02. The molecule has 0 spiro atoms. The molecule has 0 saturated heterocycles. The van der Waals surface area contributed by atoms with Crippen molar-refractivity contribution in [1.29, 1.82) is 0 Å². The van der Waals surface area contributed by atoms with Gasteiger partial charge in [-0.25, -0.2) is 0 Å². The van der Waals surface area contributed by atoms with Gasteiger partial charge in [0.05, 0.1) is 6.54 Å². The number of hydrogen-bond acceptors (Lipinski definition) is 4. The molecule has 2 rings (SSSR count). The standard InChI is InChI=1S/C18H21N3O3S/c1-11(2)17(23)20-14-5-4-12(3)15(8-14)21-16(22)9-19-18(24)13-6-7-25-10-13/h4-8,10-11H,9H2,1-3H3,(H,19,24)(H,20,23)(H,21,22). The number of amides is 3. The van der Waals surface area contributed by atoms with Gasteiger partial charge in [-0.2, -0.15) is 11.3 Å². The average molecular weight is 359 g/mol. The van der Waals surface area contributed by atoms with E-state index < -0.39 is 0 Å². The fraction of sp³-hybridized carbons (Fsp3) is 0.278. The van der Waals surface area contributed by atoms with Crippen LogP contribution in [0.1, 0.15) is 29.8 Å². The molecule has 0 unspecified atom stereocenters. The van der Waals surface area contributed by atoms with Crippen molar-refractivity contribution in [3.63, 3.8) is 0 Å². The number of benzene rings is 1. The van der Waals surface area contributed by atoms with E-state index in [-0.39, 0.29) is 30.2 Å². The van der Waals surface area contributed by atoms with Crippen LogP contribution in [0.3, 0.4) is 0 Å². The maximum atomic E-state index is 12.1. The van der Waals surface area contributed by atoms with Crippen molar-refractivity contribution < 1.29 is 14.4 Å². The van der Waals surface area contributed by atoms with Gasteiger partial charge in [0.1, 0.15) is 0 Å². The van der Waals surface area contributed by atoms with Crippen LogP contribution in [0, 0.1) is 12.8 Å². The van der Waals surface area contributed by atoms with Crippen molar-refractivity contribution >= 4 is 40.4 Å². The van der Waals surface area contributed by atoms with Gasteiger partial charge in [-0.1, -0.05) is 19.9 Å². The van der Waals surface area contributed by atoms with Crippen LogP contribution < -0.4 is 16.0 Å². The van der Waals surface area contributed by atoms with Crippen molar-refractivity contribution in [2.45, 2.75) is 20.8 Å². The summed E-state index contributed by atoms with van der Waals surface area (Å²) in [6.45, 7) is 5.34. The molecule has 132 valence electrons. The lowest BCUT2D eigenvalue weighted by Gasteiger charge is -2.13. The second-order valence-corrected chi connectivity index (χ2v) is 6.70. The topological polar surface area (TPSA) is 87.3 Å². The van der Waals surface area contributed by atoms with Gasteiger partial charge in [-0.05, 0) is 36.1 Å². The highest BCUT2D eigenvalue weighted by Crippen LogP contribution is 2.20. The lowest BCUT2D eigenvalue weighted by Crippen LogP contribution is -2.32. The summed E-state index contributed by atoms with van der Waals surface area (Å²) in [4.78, 5) is 35.7. The second-order valence-electron chi connectivity index (χ2n) is 5.92. The zero-order valence-corrected chi connectivity index (χ0v) is 15.2. The number of aryl methyl sites for hydroxylation is 1. The number of carbonyl (C=O) groups excluding carboxylic acids is 3. The molecular formula is C18H21N3O3S. The Bertz CT molecular complexity index is 770. The molecule has 0 aliphatic rings. The smallest absolute Gasteiger partial charge is 0.252 e. The Hall–Kier alpha value is -2.67. The number of carbonyl (C=O) groups is 3. The molecule has 1 aromatic heterocycles. The number of thiophene rings is 1. The van der Waals surface area contributed by atoms with Crippen molar-refractivity contribution in [2.75, 3.05) is 17.2 Å². The minimum Gasteiger partial charge on any atom is -0.343 e. The third kappa shape index (κ3) is 5.42. The van der Waals surface area contributed by atoms with E-state index in [1.54, 1.807) is 29.0 Å². The SMILES string of the molecule is Cc1ccc(NC(=O)C(C)C)cc1NC(=O)CNC(=O)c1ccsc1. The van der Waals surface area contributed by atoms with Crippen LogP contribution in [-0.2, 0) is 9.59 Å². The van der Waals surface area contributed by atoms with Crippen molar-refractivity contribution in [2.24, 2.45) is 5.92 Å². The van der Waals surface area contributed by atoms with E-state index in [0.717, 1.165) is 5.56 Å². The number of hydrogen-bond donors (Lipinski definition) is 3. The summed E-state index contributed by atoms with van der Waals surface area (Å²) in [5.74, 6) is -0.846. The van der Waals surface area contributed by atoms with Crippen LogP contribution in [0.5, 0.6) is 0 Å². The maximum Gasteiger partial charge on any atom is 0.252 e. The van der Waals surface area contributed by atoms with Gasteiger partial charge in [0.2, 0.25) is 11.8 Å². The molecule has 0 saturated carbocycles. The quantitative estimate of drug-likeness (QED) is 0.741. The van der Waals surface area contributed by atoms with E-state index in [1.165, 1.54) is 11.3 Å². The third-order valence-electron chi connectivity index (χ3n) is 3.50. The van der Waals surface area contributed by atoms with E-state index in [4.69, 9.17) is 0 Å². The summed E-state index contributed by atoms with van der Waals surface area (Å²) >= 11 is 1.42. The normalized spacial score (nSPS) is 10.4. The average Bonchev–Trinajstić information content (AvgIpc) is 3.10. The molecule has 1 aromatic carbocycles. The Balaban J connectivity index is 1.95. The molecular weight excluding hydrogens is 338 g/mol. The van der Waals surface area contributed by atoms with E-state index in [1.807, 2.05) is 26.8 Å². The Morgan fingerprint density at radius 3 is 2.52 bits per heavy atom. The molecule has 6 nitrogen and oxygen atoms in total. The molecule has 0 atom stereocenters. The minimum atomic E-state index is -0.334. The second kappa shape index (κ2) is 8.43.